The topological polar surface area (TPSA) is 37.3 Å². The molecule has 0 saturated carbocycles. The quantitative estimate of drug-likeness (QED) is 0.593. The Morgan fingerprint density at radius 3 is 2.43 bits per heavy atom. The summed E-state index contributed by atoms with van der Waals surface area (Å²) in [4.78, 5) is 11.4. The first-order chi connectivity index (χ1) is 6.65. The molecular weight excluding hydrogens is 195 g/mol. The third-order valence-electron chi connectivity index (χ3n) is 1.99. The van der Waals surface area contributed by atoms with E-state index in [9.17, 15) is 9.82 Å². The van der Waals surface area contributed by atoms with Crippen LogP contribution >= 0.6 is 11.8 Å². The number of Topliss-reactive ketones (excluding diaryl/α,β-unsaturated/α-hetero) is 1. The molecule has 1 rings (SSSR count). The predicted octanol–water partition coefficient (Wildman–Crippen LogP) is 1.05. The molecule has 0 atom stereocenters. The van der Waals surface area contributed by atoms with Crippen LogP contribution in [-0.4, -0.2) is 29.7 Å². The molecule has 1 aromatic carbocycles. The van der Waals surface area contributed by atoms with Crippen molar-refractivity contribution in [3.05, 3.63) is 29.8 Å². The van der Waals surface area contributed by atoms with E-state index in [2.05, 4.69) is 0 Å². The Morgan fingerprint density at radius 1 is 1.43 bits per heavy atom. The van der Waals surface area contributed by atoms with Gasteiger partial charge in [-0.1, -0.05) is 31.1 Å². The highest BCUT2D eigenvalue weighted by atomic mass is 32.2. The smallest absolute Gasteiger partial charge is 0.320 e. The number of hydrogen-bond donors (Lipinski definition) is 1. The van der Waals surface area contributed by atoms with Gasteiger partial charge in [0.2, 0.25) is 0 Å². The van der Waals surface area contributed by atoms with Gasteiger partial charge >= 0.3 is 6.92 Å². The zero-order valence-electron chi connectivity index (χ0n) is 8.36. The lowest BCUT2D eigenvalue weighted by Gasteiger charge is -2.02. The highest BCUT2D eigenvalue weighted by Crippen LogP contribution is 2.03. The Hall–Kier alpha value is -0.735. The van der Waals surface area contributed by atoms with Crippen molar-refractivity contribution in [3.8, 4) is 0 Å². The van der Waals surface area contributed by atoms with Gasteiger partial charge in [0.25, 0.3) is 0 Å². The predicted molar refractivity (Wildman–Crippen MR) is 62.6 cm³/mol. The van der Waals surface area contributed by atoms with Crippen LogP contribution in [0.5, 0.6) is 0 Å². The summed E-state index contributed by atoms with van der Waals surface area (Å²) in [7, 11) is 0. The van der Waals surface area contributed by atoms with Crippen LogP contribution in [-0.2, 0) is 0 Å². The third kappa shape index (κ3) is 2.89. The molecule has 1 N–H and O–H groups in total. The van der Waals surface area contributed by atoms with Crippen molar-refractivity contribution in [3.63, 3.8) is 0 Å². The first-order valence-corrected chi connectivity index (χ1v) is 5.84. The zero-order valence-corrected chi connectivity index (χ0v) is 9.17. The van der Waals surface area contributed by atoms with Crippen LogP contribution in [0.25, 0.3) is 0 Å². The van der Waals surface area contributed by atoms with E-state index < -0.39 is 6.92 Å². The molecule has 0 bridgehead atoms. The lowest BCUT2D eigenvalue weighted by molar-refractivity contribution is 0.102. The number of hydrogen-bond acceptors (Lipinski definition) is 3. The summed E-state index contributed by atoms with van der Waals surface area (Å²) in [5.41, 5.74) is 1.55. The molecule has 74 valence electrons. The maximum atomic E-state index is 11.4. The first kappa shape index (κ1) is 11.3. The second-order valence-electron chi connectivity index (χ2n) is 3.15. The van der Waals surface area contributed by atoms with Crippen LogP contribution in [0.3, 0.4) is 0 Å². The van der Waals surface area contributed by atoms with Gasteiger partial charge < -0.3 is 5.02 Å². The molecule has 0 unspecified atom stereocenters. The zero-order chi connectivity index (χ0) is 10.6. The molecule has 0 fully saturated rings. The summed E-state index contributed by atoms with van der Waals surface area (Å²) >= 11 is 1.52. The van der Waals surface area contributed by atoms with Crippen LogP contribution in [0.15, 0.2) is 24.3 Å². The summed E-state index contributed by atoms with van der Waals surface area (Å²) in [5, 5.41) is 9.27. The lowest BCUT2D eigenvalue weighted by atomic mass is 9.64. The van der Waals surface area contributed by atoms with Crippen molar-refractivity contribution in [2.45, 2.75) is 6.82 Å². The van der Waals surface area contributed by atoms with Gasteiger partial charge in [-0.15, -0.1) is 0 Å². The molecule has 2 nitrogen and oxygen atoms in total. The number of benzene rings is 1. The Labute approximate surface area is 88.8 Å². The van der Waals surface area contributed by atoms with Gasteiger partial charge in [0.15, 0.2) is 5.78 Å². The van der Waals surface area contributed by atoms with Gasteiger partial charge in [-0.3, -0.25) is 4.79 Å². The highest BCUT2D eigenvalue weighted by Gasteiger charge is 2.08. The molecule has 0 spiro atoms. The molecule has 0 aliphatic carbocycles. The van der Waals surface area contributed by atoms with E-state index in [4.69, 9.17) is 0 Å². The average molecular weight is 208 g/mol. The van der Waals surface area contributed by atoms with Gasteiger partial charge in [-0.2, -0.15) is 11.8 Å². The molecule has 0 heterocycles. The molecule has 1 aromatic rings. The van der Waals surface area contributed by atoms with Gasteiger partial charge in [-0.25, -0.2) is 0 Å². The number of thioether (sulfide) groups is 1. The maximum Gasteiger partial charge on any atom is 0.320 e. The molecule has 14 heavy (non-hydrogen) atoms. The molecule has 0 aromatic heterocycles. The van der Waals surface area contributed by atoms with Crippen molar-refractivity contribution in [2.75, 3.05) is 12.0 Å². The second-order valence-corrected chi connectivity index (χ2v) is 4.02. The van der Waals surface area contributed by atoms with E-state index in [1.165, 1.54) is 11.8 Å². The van der Waals surface area contributed by atoms with Crippen LogP contribution in [0, 0.1) is 0 Å². The largest absolute Gasteiger partial charge is 0.447 e. The Morgan fingerprint density at radius 2 is 2.00 bits per heavy atom. The minimum Gasteiger partial charge on any atom is -0.447 e. The van der Waals surface area contributed by atoms with E-state index in [0.29, 0.717) is 11.3 Å². The van der Waals surface area contributed by atoms with E-state index in [1.807, 2.05) is 6.26 Å². The van der Waals surface area contributed by atoms with Gasteiger partial charge in [0, 0.05) is 5.56 Å². The summed E-state index contributed by atoms with van der Waals surface area (Å²) < 4.78 is 0. The van der Waals surface area contributed by atoms with Crippen molar-refractivity contribution >= 4 is 29.9 Å². The first-order valence-electron chi connectivity index (χ1n) is 4.45. The molecule has 4 heteroatoms. The van der Waals surface area contributed by atoms with Crippen molar-refractivity contribution < 1.29 is 9.82 Å². The van der Waals surface area contributed by atoms with Crippen molar-refractivity contribution in [1.82, 2.24) is 0 Å². The van der Waals surface area contributed by atoms with Crippen molar-refractivity contribution in [2.24, 2.45) is 0 Å². The highest BCUT2D eigenvalue weighted by molar-refractivity contribution is 7.99. The van der Waals surface area contributed by atoms with Crippen LogP contribution < -0.4 is 5.46 Å². The lowest BCUT2D eigenvalue weighted by Crippen LogP contribution is -2.26. The fraction of sp³-hybridized carbons (Fsp3) is 0.300. The average Bonchev–Trinajstić information content (AvgIpc) is 2.18. The van der Waals surface area contributed by atoms with Crippen LogP contribution in [0.1, 0.15) is 10.4 Å². The van der Waals surface area contributed by atoms with Gasteiger partial charge in [-0.05, 0) is 11.7 Å². The minimum absolute atomic E-state index is 0.134. The van der Waals surface area contributed by atoms with Gasteiger partial charge in [0.1, 0.15) is 0 Å². The van der Waals surface area contributed by atoms with Crippen LogP contribution in [0.4, 0.5) is 0 Å². The third-order valence-corrected chi connectivity index (χ3v) is 2.54. The summed E-state index contributed by atoms with van der Waals surface area (Å²) in [6.07, 6.45) is 1.90. The van der Waals surface area contributed by atoms with E-state index >= 15 is 0 Å². The molecule has 0 aliphatic heterocycles. The van der Waals surface area contributed by atoms with E-state index in [1.54, 1.807) is 31.1 Å². The molecular formula is C10H13BO2S. The van der Waals surface area contributed by atoms with Crippen molar-refractivity contribution in [1.29, 1.82) is 0 Å². The normalized spacial score (nSPS) is 9.93. The second kappa shape index (κ2) is 5.22. The standard InChI is InChI=1S/C10H13BO2S/c1-11(13)9-5-3-8(4-6-9)10(12)7-14-2/h3-6,13H,7H2,1-2H3. The maximum absolute atomic E-state index is 11.4. The van der Waals surface area contributed by atoms with Crippen LogP contribution in [0.2, 0.25) is 6.82 Å². The number of ketones is 1. The Kier molecular flexibility index (Phi) is 4.23. The summed E-state index contributed by atoms with van der Waals surface area (Å²) in [6, 6.07) is 7.11. The molecule has 0 radical (unpaired) electrons. The molecule has 0 saturated heterocycles. The Balaban J connectivity index is 2.78. The fourth-order valence-corrected chi connectivity index (χ4v) is 1.59. The monoisotopic (exact) mass is 208 g/mol. The van der Waals surface area contributed by atoms with E-state index in [-0.39, 0.29) is 5.78 Å². The minimum atomic E-state index is -0.472. The SMILES string of the molecule is CSCC(=O)c1ccc(B(C)O)cc1. The Bertz CT molecular complexity index is 308. The number of carbonyl (C=O) groups is 1. The summed E-state index contributed by atoms with van der Waals surface area (Å²) in [6.45, 7) is 1.23. The summed E-state index contributed by atoms with van der Waals surface area (Å²) in [5.74, 6) is 0.642. The molecule has 0 amide bonds. The fourth-order valence-electron chi connectivity index (χ4n) is 1.16. The van der Waals surface area contributed by atoms with Gasteiger partial charge in [0.05, 0.1) is 5.75 Å². The number of rotatable bonds is 4. The van der Waals surface area contributed by atoms with E-state index in [0.717, 1.165) is 5.46 Å². The number of carbonyl (C=O) groups excluding carboxylic acids is 1. The molecule has 0 aliphatic rings.